The first-order valence-corrected chi connectivity index (χ1v) is 9.92. The number of sulfone groups is 1. The van der Waals surface area contributed by atoms with Gasteiger partial charge in [0, 0.05) is 19.6 Å². The SMILES string of the molecule is CCCNCC(CC)(CC)CN1CCCS(=O)(=O)CC1. The molecule has 1 aliphatic rings. The van der Waals surface area contributed by atoms with Crippen LogP contribution in [0.4, 0.5) is 0 Å². The highest BCUT2D eigenvalue weighted by Gasteiger charge is 2.30. The van der Waals surface area contributed by atoms with Gasteiger partial charge in [0.1, 0.15) is 0 Å². The fraction of sp³-hybridized carbons (Fsp3) is 1.00. The molecule has 0 bridgehead atoms. The van der Waals surface area contributed by atoms with Crippen molar-refractivity contribution in [2.75, 3.05) is 44.2 Å². The second-order valence-electron chi connectivity index (χ2n) is 6.17. The first kappa shape index (κ1) is 17.9. The topological polar surface area (TPSA) is 49.4 Å². The zero-order chi connectivity index (χ0) is 15.1. The van der Waals surface area contributed by atoms with Crippen molar-refractivity contribution >= 4 is 9.84 Å². The Bertz CT molecular complexity index is 364. The summed E-state index contributed by atoms with van der Waals surface area (Å²) in [6.07, 6.45) is 4.23. The van der Waals surface area contributed by atoms with E-state index in [0.29, 0.717) is 18.1 Å². The molecule has 1 aliphatic heterocycles. The lowest BCUT2D eigenvalue weighted by atomic mass is 9.81. The fourth-order valence-electron chi connectivity index (χ4n) is 2.93. The lowest BCUT2D eigenvalue weighted by Gasteiger charge is -2.37. The standard InChI is InChI=1S/C15H32N2O2S/c1-4-8-16-13-15(5-2,6-3)14-17-9-7-11-20(18,19)12-10-17/h16H,4-14H2,1-3H3. The van der Waals surface area contributed by atoms with Gasteiger partial charge in [-0.3, -0.25) is 0 Å². The largest absolute Gasteiger partial charge is 0.316 e. The number of nitrogens with one attached hydrogen (secondary N) is 1. The minimum atomic E-state index is -2.80. The van der Waals surface area contributed by atoms with Crippen molar-refractivity contribution in [3.05, 3.63) is 0 Å². The molecule has 0 saturated carbocycles. The van der Waals surface area contributed by atoms with Crippen molar-refractivity contribution in [1.82, 2.24) is 10.2 Å². The van der Waals surface area contributed by atoms with Crippen LogP contribution in [0.5, 0.6) is 0 Å². The van der Waals surface area contributed by atoms with Crippen LogP contribution in [0.25, 0.3) is 0 Å². The van der Waals surface area contributed by atoms with Crippen molar-refractivity contribution in [3.8, 4) is 0 Å². The molecule has 0 amide bonds. The molecule has 1 fully saturated rings. The Morgan fingerprint density at radius 3 is 2.40 bits per heavy atom. The van der Waals surface area contributed by atoms with Crippen molar-refractivity contribution in [1.29, 1.82) is 0 Å². The van der Waals surface area contributed by atoms with Crippen molar-refractivity contribution < 1.29 is 8.42 Å². The van der Waals surface area contributed by atoms with Crippen molar-refractivity contribution in [3.63, 3.8) is 0 Å². The van der Waals surface area contributed by atoms with Crippen LogP contribution < -0.4 is 5.32 Å². The third-order valence-electron chi connectivity index (χ3n) is 4.63. The highest BCUT2D eigenvalue weighted by Crippen LogP contribution is 2.27. The molecule has 4 nitrogen and oxygen atoms in total. The van der Waals surface area contributed by atoms with E-state index in [9.17, 15) is 8.42 Å². The van der Waals surface area contributed by atoms with Crippen LogP contribution in [0.15, 0.2) is 0 Å². The number of hydrogen-bond donors (Lipinski definition) is 1. The summed E-state index contributed by atoms with van der Waals surface area (Å²) < 4.78 is 23.4. The van der Waals surface area contributed by atoms with Gasteiger partial charge in [-0.15, -0.1) is 0 Å². The van der Waals surface area contributed by atoms with E-state index in [0.717, 1.165) is 51.9 Å². The minimum Gasteiger partial charge on any atom is -0.316 e. The number of rotatable bonds is 8. The molecule has 5 heteroatoms. The Balaban J connectivity index is 2.60. The van der Waals surface area contributed by atoms with Crippen LogP contribution in [0.3, 0.4) is 0 Å². The molecule has 1 saturated heterocycles. The highest BCUT2D eigenvalue weighted by atomic mass is 32.2. The summed E-state index contributed by atoms with van der Waals surface area (Å²) in [5.74, 6) is 0.696. The predicted octanol–water partition coefficient (Wildman–Crippen LogP) is 1.91. The van der Waals surface area contributed by atoms with Gasteiger partial charge in [-0.1, -0.05) is 20.8 Å². The predicted molar refractivity (Wildman–Crippen MR) is 85.9 cm³/mol. The van der Waals surface area contributed by atoms with Gasteiger partial charge in [0.15, 0.2) is 9.84 Å². The first-order valence-electron chi connectivity index (χ1n) is 8.10. The monoisotopic (exact) mass is 304 g/mol. The lowest BCUT2D eigenvalue weighted by molar-refractivity contribution is 0.141. The van der Waals surface area contributed by atoms with Crippen LogP contribution in [0.1, 0.15) is 46.5 Å². The smallest absolute Gasteiger partial charge is 0.151 e. The van der Waals surface area contributed by atoms with Gasteiger partial charge < -0.3 is 10.2 Å². The van der Waals surface area contributed by atoms with Crippen LogP contribution in [0.2, 0.25) is 0 Å². The molecule has 20 heavy (non-hydrogen) atoms. The second kappa shape index (κ2) is 8.35. The zero-order valence-corrected chi connectivity index (χ0v) is 14.3. The van der Waals surface area contributed by atoms with Crippen molar-refractivity contribution in [2.24, 2.45) is 5.41 Å². The Morgan fingerprint density at radius 1 is 1.10 bits per heavy atom. The molecule has 0 unspecified atom stereocenters. The molecule has 0 atom stereocenters. The lowest BCUT2D eigenvalue weighted by Crippen LogP contribution is -2.44. The molecule has 0 aromatic heterocycles. The molecule has 0 aromatic carbocycles. The van der Waals surface area contributed by atoms with Crippen molar-refractivity contribution in [2.45, 2.75) is 46.5 Å². The van der Waals surface area contributed by atoms with Gasteiger partial charge in [-0.25, -0.2) is 8.42 Å². The van der Waals surface area contributed by atoms with Crippen LogP contribution in [0, 0.1) is 5.41 Å². The highest BCUT2D eigenvalue weighted by molar-refractivity contribution is 7.91. The quantitative estimate of drug-likeness (QED) is 0.696. The second-order valence-corrected chi connectivity index (χ2v) is 8.47. The molecular weight excluding hydrogens is 272 g/mol. The number of hydrogen-bond acceptors (Lipinski definition) is 4. The van der Waals surface area contributed by atoms with E-state index in [4.69, 9.17) is 0 Å². The molecule has 1 N–H and O–H groups in total. The van der Waals surface area contributed by atoms with Gasteiger partial charge in [0.05, 0.1) is 11.5 Å². The van der Waals surface area contributed by atoms with E-state index in [1.807, 2.05) is 0 Å². The third kappa shape index (κ3) is 5.70. The minimum absolute atomic E-state index is 0.281. The summed E-state index contributed by atoms with van der Waals surface area (Å²) >= 11 is 0. The Hall–Kier alpha value is -0.130. The first-order chi connectivity index (χ1) is 9.47. The van der Waals surface area contributed by atoms with E-state index in [1.54, 1.807) is 0 Å². The zero-order valence-electron chi connectivity index (χ0n) is 13.5. The Kier molecular flexibility index (Phi) is 7.48. The summed E-state index contributed by atoms with van der Waals surface area (Å²) in [5.41, 5.74) is 0.281. The number of nitrogens with zero attached hydrogens (tertiary/aromatic N) is 1. The molecule has 0 spiro atoms. The Labute approximate surface area is 125 Å². The van der Waals surface area contributed by atoms with Gasteiger partial charge in [0.25, 0.3) is 0 Å². The Morgan fingerprint density at radius 2 is 1.80 bits per heavy atom. The van der Waals surface area contributed by atoms with Gasteiger partial charge in [0.2, 0.25) is 0 Å². The average Bonchev–Trinajstić information content (AvgIpc) is 2.59. The van der Waals surface area contributed by atoms with Crippen LogP contribution in [-0.2, 0) is 9.84 Å². The maximum Gasteiger partial charge on any atom is 0.151 e. The average molecular weight is 305 g/mol. The van der Waals surface area contributed by atoms with Gasteiger partial charge in [-0.2, -0.15) is 0 Å². The molecule has 0 aliphatic carbocycles. The molecule has 0 aromatic rings. The summed E-state index contributed by atoms with van der Waals surface area (Å²) in [4.78, 5) is 2.37. The summed E-state index contributed by atoms with van der Waals surface area (Å²) in [5, 5.41) is 3.55. The van der Waals surface area contributed by atoms with Crippen LogP contribution in [-0.4, -0.2) is 57.5 Å². The van der Waals surface area contributed by atoms with E-state index in [1.165, 1.54) is 0 Å². The summed E-state index contributed by atoms with van der Waals surface area (Å²) in [7, 11) is -2.80. The maximum absolute atomic E-state index is 11.7. The molecule has 1 rings (SSSR count). The molecule has 120 valence electrons. The molecule has 0 radical (unpaired) electrons. The maximum atomic E-state index is 11.7. The van der Waals surface area contributed by atoms with Crippen LogP contribution >= 0.6 is 0 Å². The van der Waals surface area contributed by atoms with E-state index >= 15 is 0 Å². The van der Waals surface area contributed by atoms with E-state index in [-0.39, 0.29) is 5.41 Å². The normalized spacial score (nSPS) is 20.8. The summed E-state index contributed by atoms with van der Waals surface area (Å²) in [6.45, 7) is 11.5. The fourth-order valence-corrected chi connectivity index (χ4v) is 4.24. The third-order valence-corrected chi connectivity index (χ3v) is 6.35. The molecular formula is C15H32N2O2S. The van der Waals surface area contributed by atoms with Gasteiger partial charge in [-0.05, 0) is 44.2 Å². The van der Waals surface area contributed by atoms with E-state index in [2.05, 4.69) is 31.0 Å². The molecule has 1 heterocycles. The summed E-state index contributed by atoms with van der Waals surface area (Å²) in [6, 6.07) is 0. The van der Waals surface area contributed by atoms with E-state index < -0.39 is 9.84 Å². The van der Waals surface area contributed by atoms with Gasteiger partial charge >= 0.3 is 0 Å².